The van der Waals surface area contributed by atoms with Crippen molar-refractivity contribution in [2.45, 2.75) is 57.9 Å². The van der Waals surface area contributed by atoms with Crippen LogP contribution in [0.3, 0.4) is 0 Å². The first-order chi connectivity index (χ1) is 11.4. The first-order valence-electron chi connectivity index (χ1n) is 9.40. The predicted molar refractivity (Wildman–Crippen MR) is 96.3 cm³/mol. The second kappa shape index (κ2) is 9.15. The maximum absolute atomic E-state index is 12.5. The van der Waals surface area contributed by atoms with Gasteiger partial charge in [-0.1, -0.05) is 13.3 Å². The Kier molecular flexibility index (Phi) is 7.50. The molecule has 2 heterocycles. The fraction of sp³-hybridized carbons (Fsp3) is 0.941. The third kappa shape index (κ3) is 5.43. The molecule has 2 rings (SSSR count). The molecule has 1 amide bonds. The van der Waals surface area contributed by atoms with E-state index >= 15 is 0 Å². The lowest BCUT2D eigenvalue weighted by molar-refractivity contribution is -0.125. The van der Waals surface area contributed by atoms with Crippen molar-refractivity contribution in [2.24, 2.45) is 5.92 Å². The SMILES string of the molecule is CCCS(=O)(=O)N1CCCCC1C(=O)NCCC1CCN(C)CC1. The molecule has 0 radical (unpaired) electrons. The molecule has 7 heteroatoms. The fourth-order valence-electron chi connectivity index (χ4n) is 3.74. The topological polar surface area (TPSA) is 69.7 Å². The Morgan fingerprint density at radius 3 is 2.50 bits per heavy atom. The number of hydrogen-bond acceptors (Lipinski definition) is 4. The van der Waals surface area contributed by atoms with Crippen LogP contribution < -0.4 is 5.32 Å². The predicted octanol–water partition coefficient (Wildman–Crippen LogP) is 1.43. The summed E-state index contributed by atoms with van der Waals surface area (Å²) < 4.78 is 26.2. The van der Waals surface area contributed by atoms with Crippen molar-refractivity contribution in [2.75, 3.05) is 39.0 Å². The summed E-state index contributed by atoms with van der Waals surface area (Å²) in [7, 11) is -1.17. The average molecular weight is 360 g/mol. The Balaban J connectivity index is 1.83. The van der Waals surface area contributed by atoms with Gasteiger partial charge in [-0.25, -0.2) is 8.42 Å². The van der Waals surface area contributed by atoms with Gasteiger partial charge in [0.1, 0.15) is 6.04 Å². The van der Waals surface area contributed by atoms with Gasteiger partial charge < -0.3 is 10.2 Å². The van der Waals surface area contributed by atoms with Crippen LogP contribution in [-0.4, -0.2) is 68.6 Å². The number of hydrogen-bond donors (Lipinski definition) is 1. The van der Waals surface area contributed by atoms with E-state index < -0.39 is 16.1 Å². The van der Waals surface area contributed by atoms with Gasteiger partial charge in [-0.2, -0.15) is 4.31 Å². The van der Waals surface area contributed by atoms with Crippen molar-refractivity contribution in [3.63, 3.8) is 0 Å². The van der Waals surface area contributed by atoms with E-state index in [1.165, 1.54) is 17.1 Å². The van der Waals surface area contributed by atoms with Gasteiger partial charge in [-0.05, 0) is 64.6 Å². The third-order valence-corrected chi connectivity index (χ3v) is 7.34. The zero-order valence-corrected chi connectivity index (χ0v) is 16.0. The standard InChI is InChI=1S/C17H33N3O3S/c1-3-14-24(22,23)20-11-5-4-6-16(20)17(21)18-10-7-15-8-12-19(2)13-9-15/h15-16H,3-14H2,1-2H3,(H,18,21). The third-order valence-electron chi connectivity index (χ3n) is 5.27. The van der Waals surface area contributed by atoms with E-state index in [4.69, 9.17) is 0 Å². The van der Waals surface area contributed by atoms with Gasteiger partial charge in [0.2, 0.25) is 15.9 Å². The fourth-order valence-corrected chi connectivity index (χ4v) is 5.49. The zero-order chi connectivity index (χ0) is 17.6. The van der Waals surface area contributed by atoms with E-state index in [2.05, 4.69) is 17.3 Å². The average Bonchev–Trinajstić information content (AvgIpc) is 2.56. The number of sulfonamides is 1. The van der Waals surface area contributed by atoms with E-state index in [1.807, 2.05) is 6.92 Å². The lowest BCUT2D eigenvalue weighted by atomic mass is 9.94. The van der Waals surface area contributed by atoms with E-state index in [0.29, 0.717) is 31.8 Å². The van der Waals surface area contributed by atoms with Crippen LogP contribution in [-0.2, 0) is 14.8 Å². The van der Waals surface area contributed by atoms with Crippen LogP contribution in [0.15, 0.2) is 0 Å². The largest absolute Gasteiger partial charge is 0.355 e. The minimum Gasteiger partial charge on any atom is -0.355 e. The number of rotatable bonds is 7. The van der Waals surface area contributed by atoms with E-state index in [9.17, 15) is 13.2 Å². The van der Waals surface area contributed by atoms with Gasteiger partial charge in [0.15, 0.2) is 0 Å². The van der Waals surface area contributed by atoms with Gasteiger partial charge in [0, 0.05) is 13.1 Å². The highest BCUT2D eigenvalue weighted by Gasteiger charge is 2.36. The van der Waals surface area contributed by atoms with Crippen molar-refractivity contribution >= 4 is 15.9 Å². The van der Waals surface area contributed by atoms with Gasteiger partial charge in [-0.3, -0.25) is 4.79 Å². The van der Waals surface area contributed by atoms with Crippen LogP contribution in [0.2, 0.25) is 0 Å². The quantitative estimate of drug-likeness (QED) is 0.746. The molecule has 0 aromatic carbocycles. The number of carbonyl (C=O) groups is 1. The van der Waals surface area contributed by atoms with Crippen LogP contribution in [0, 0.1) is 5.92 Å². The van der Waals surface area contributed by atoms with Crippen LogP contribution in [0.25, 0.3) is 0 Å². The number of nitrogens with one attached hydrogen (secondary N) is 1. The Labute approximate surface area is 147 Å². The molecule has 1 N–H and O–H groups in total. The molecule has 2 aliphatic heterocycles. The Morgan fingerprint density at radius 2 is 1.83 bits per heavy atom. The maximum Gasteiger partial charge on any atom is 0.238 e. The zero-order valence-electron chi connectivity index (χ0n) is 15.2. The molecule has 2 aliphatic rings. The summed E-state index contributed by atoms with van der Waals surface area (Å²) in [6, 6.07) is -0.507. The molecule has 0 aromatic rings. The van der Waals surface area contributed by atoms with Crippen LogP contribution in [0.1, 0.15) is 51.9 Å². The number of piperidine rings is 2. The number of likely N-dealkylation sites (tertiary alicyclic amines) is 1. The van der Waals surface area contributed by atoms with Crippen molar-refractivity contribution < 1.29 is 13.2 Å². The summed E-state index contributed by atoms with van der Waals surface area (Å²) in [6.07, 6.45) is 6.37. The molecule has 0 aliphatic carbocycles. The maximum atomic E-state index is 12.5. The van der Waals surface area contributed by atoms with Crippen molar-refractivity contribution in [1.29, 1.82) is 0 Å². The summed E-state index contributed by atoms with van der Waals surface area (Å²) in [5.41, 5.74) is 0. The summed E-state index contributed by atoms with van der Waals surface area (Å²) in [6.45, 7) is 5.26. The van der Waals surface area contributed by atoms with Crippen molar-refractivity contribution in [3.8, 4) is 0 Å². The van der Waals surface area contributed by atoms with Gasteiger partial charge in [0.05, 0.1) is 5.75 Å². The molecule has 24 heavy (non-hydrogen) atoms. The van der Waals surface area contributed by atoms with Crippen molar-refractivity contribution in [3.05, 3.63) is 0 Å². The summed E-state index contributed by atoms with van der Waals surface area (Å²) >= 11 is 0. The minimum atomic E-state index is -3.31. The normalized spacial score (nSPS) is 24.8. The molecular formula is C17H33N3O3S. The molecule has 2 fully saturated rings. The van der Waals surface area contributed by atoms with Gasteiger partial charge in [-0.15, -0.1) is 0 Å². The summed E-state index contributed by atoms with van der Waals surface area (Å²) in [5, 5.41) is 3.00. The Hall–Kier alpha value is -0.660. The van der Waals surface area contributed by atoms with Crippen LogP contribution in [0.4, 0.5) is 0 Å². The van der Waals surface area contributed by atoms with Crippen LogP contribution >= 0.6 is 0 Å². The van der Waals surface area contributed by atoms with E-state index in [-0.39, 0.29) is 11.7 Å². The molecule has 1 unspecified atom stereocenters. The number of carbonyl (C=O) groups excluding carboxylic acids is 1. The van der Waals surface area contributed by atoms with Crippen LogP contribution in [0.5, 0.6) is 0 Å². The highest BCUT2D eigenvalue weighted by atomic mass is 32.2. The second-order valence-electron chi connectivity index (χ2n) is 7.26. The first-order valence-corrected chi connectivity index (χ1v) is 11.0. The molecule has 1 atom stereocenters. The van der Waals surface area contributed by atoms with Crippen molar-refractivity contribution in [1.82, 2.24) is 14.5 Å². The molecule has 0 aromatic heterocycles. The Bertz CT molecular complexity index is 501. The van der Waals surface area contributed by atoms with E-state index in [1.54, 1.807) is 0 Å². The smallest absolute Gasteiger partial charge is 0.238 e. The van der Waals surface area contributed by atoms with E-state index in [0.717, 1.165) is 32.4 Å². The lowest BCUT2D eigenvalue weighted by Crippen LogP contribution is -2.52. The highest BCUT2D eigenvalue weighted by molar-refractivity contribution is 7.89. The first kappa shape index (κ1) is 19.7. The Morgan fingerprint density at radius 1 is 1.12 bits per heavy atom. The highest BCUT2D eigenvalue weighted by Crippen LogP contribution is 2.22. The summed E-state index contributed by atoms with van der Waals surface area (Å²) in [5.74, 6) is 0.696. The number of amides is 1. The number of nitrogens with zero attached hydrogens (tertiary/aromatic N) is 2. The van der Waals surface area contributed by atoms with Gasteiger partial charge >= 0.3 is 0 Å². The molecule has 140 valence electrons. The molecule has 0 bridgehead atoms. The monoisotopic (exact) mass is 359 g/mol. The molecule has 6 nitrogen and oxygen atoms in total. The molecule has 2 saturated heterocycles. The minimum absolute atomic E-state index is 0.109. The van der Waals surface area contributed by atoms with Gasteiger partial charge in [0.25, 0.3) is 0 Å². The molecule has 0 saturated carbocycles. The second-order valence-corrected chi connectivity index (χ2v) is 9.31. The molecule has 0 spiro atoms. The summed E-state index contributed by atoms with van der Waals surface area (Å²) in [4.78, 5) is 14.9. The molecular weight excluding hydrogens is 326 g/mol. The lowest BCUT2D eigenvalue weighted by Gasteiger charge is -2.34.